The molecule has 1 aromatic heterocycles. The van der Waals surface area contributed by atoms with Crippen LogP contribution in [0.2, 0.25) is 0 Å². The summed E-state index contributed by atoms with van der Waals surface area (Å²) in [5.74, 6) is 0. The molecular weight excluding hydrogens is 206 g/mol. The van der Waals surface area contributed by atoms with E-state index in [4.69, 9.17) is 4.74 Å². The van der Waals surface area contributed by atoms with Gasteiger partial charge in [-0.1, -0.05) is 0 Å². The van der Waals surface area contributed by atoms with Crippen molar-refractivity contribution in [3.63, 3.8) is 0 Å². The zero-order valence-electron chi connectivity index (χ0n) is 9.69. The molecule has 0 fully saturated rings. The van der Waals surface area contributed by atoms with Gasteiger partial charge in [0.2, 0.25) is 0 Å². The van der Waals surface area contributed by atoms with Crippen molar-refractivity contribution in [3.05, 3.63) is 28.9 Å². The summed E-state index contributed by atoms with van der Waals surface area (Å²) in [6.45, 7) is 5.89. The minimum atomic E-state index is -0.00823. The maximum atomic E-state index is 11.3. The largest absolute Gasteiger partial charge is 0.382 e. The van der Waals surface area contributed by atoms with Crippen LogP contribution in [0.4, 0.5) is 0 Å². The van der Waals surface area contributed by atoms with Gasteiger partial charge < -0.3 is 10.1 Å². The van der Waals surface area contributed by atoms with E-state index in [0.29, 0.717) is 6.54 Å². The Labute approximate surface area is 95.5 Å². The molecule has 0 radical (unpaired) electrons. The first-order chi connectivity index (χ1) is 7.84. The van der Waals surface area contributed by atoms with Gasteiger partial charge in [0, 0.05) is 38.6 Å². The van der Waals surface area contributed by atoms with Gasteiger partial charge in [-0.25, -0.2) is 4.98 Å². The lowest BCUT2D eigenvalue weighted by Crippen LogP contribution is -2.27. The summed E-state index contributed by atoms with van der Waals surface area (Å²) in [4.78, 5) is 15.2. The molecule has 0 unspecified atom stereocenters. The Morgan fingerprint density at radius 3 is 3.12 bits per heavy atom. The van der Waals surface area contributed by atoms with E-state index < -0.39 is 0 Å². The predicted molar refractivity (Wildman–Crippen MR) is 62.5 cm³/mol. The van der Waals surface area contributed by atoms with Crippen LogP contribution in [0.5, 0.6) is 0 Å². The minimum Gasteiger partial charge on any atom is -0.382 e. The fourth-order valence-corrected chi connectivity index (χ4v) is 1.31. The molecule has 0 aromatic carbocycles. The van der Waals surface area contributed by atoms with Crippen LogP contribution in [0.25, 0.3) is 0 Å². The first kappa shape index (κ1) is 12.9. The van der Waals surface area contributed by atoms with E-state index in [1.807, 2.05) is 6.92 Å². The number of aromatic nitrogens is 2. The number of nitrogens with zero attached hydrogens (tertiary/aromatic N) is 2. The fraction of sp³-hybridized carbons (Fsp3) is 0.636. The smallest absolute Gasteiger partial charge is 0.253 e. The van der Waals surface area contributed by atoms with E-state index in [9.17, 15) is 4.79 Å². The third kappa shape index (κ3) is 5.04. The second-order valence-corrected chi connectivity index (χ2v) is 3.41. The minimum absolute atomic E-state index is 0.00823. The van der Waals surface area contributed by atoms with Crippen molar-refractivity contribution in [2.75, 3.05) is 26.3 Å². The van der Waals surface area contributed by atoms with Crippen molar-refractivity contribution in [1.82, 2.24) is 14.9 Å². The number of hydrogen-bond acceptors (Lipinski definition) is 4. The van der Waals surface area contributed by atoms with Gasteiger partial charge in [0.15, 0.2) is 0 Å². The van der Waals surface area contributed by atoms with E-state index >= 15 is 0 Å². The Morgan fingerprint density at radius 1 is 1.50 bits per heavy atom. The molecule has 1 N–H and O–H groups in total. The molecule has 1 aromatic rings. The summed E-state index contributed by atoms with van der Waals surface area (Å²) < 4.78 is 6.81. The lowest BCUT2D eigenvalue weighted by molar-refractivity contribution is 0.145. The van der Waals surface area contributed by atoms with Crippen molar-refractivity contribution in [1.29, 1.82) is 0 Å². The van der Waals surface area contributed by atoms with Crippen LogP contribution in [0.15, 0.2) is 23.4 Å². The maximum absolute atomic E-state index is 11.3. The van der Waals surface area contributed by atoms with Crippen LogP contribution in [0.3, 0.4) is 0 Å². The highest BCUT2D eigenvalue weighted by Gasteiger charge is 1.93. The molecule has 90 valence electrons. The zero-order chi connectivity index (χ0) is 11.6. The molecule has 0 spiro atoms. The van der Waals surface area contributed by atoms with Crippen LogP contribution < -0.4 is 10.9 Å². The van der Waals surface area contributed by atoms with Gasteiger partial charge in [0.25, 0.3) is 5.56 Å². The molecule has 0 amide bonds. The van der Waals surface area contributed by atoms with Crippen molar-refractivity contribution < 1.29 is 4.74 Å². The van der Waals surface area contributed by atoms with E-state index in [-0.39, 0.29) is 5.56 Å². The molecule has 0 atom stereocenters. The van der Waals surface area contributed by atoms with Gasteiger partial charge in [-0.3, -0.25) is 9.36 Å². The summed E-state index contributed by atoms with van der Waals surface area (Å²) in [6, 6.07) is 1.47. The van der Waals surface area contributed by atoms with Gasteiger partial charge in [0.05, 0.1) is 6.33 Å². The average molecular weight is 225 g/mol. The third-order valence-corrected chi connectivity index (χ3v) is 2.17. The van der Waals surface area contributed by atoms with Crippen molar-refractivity contribution >= 4 is 0 Å². The lowest BCUT2D eigenvalue weighted by Gasteiger charge is -2.06. The third-order valence-electron chi connectivity index (χ3n) is 2.17. The van der Waals surface area contributed by atoms with Crippen LogP contribution in [-0.2, 0) is 11.3 Å². The molecule has 16 heavy (non-hydrogen) atoms. The van der Waals surface area contributed by atoms with Crippen molar-refractivity contribution in [2.24, 2.45) is 0 Å². The first-order valence-corrected chi connectivity index (χ1v) is 5.63. The summed E-state index contributed by atoms with van der Waals surface area (Å²) in [7, 11) is 0. The van der Waals surface area contributed by atoms with Crippen LogP contribution in [0.1, 0.15) is 13.3 Å². The molecule has 1 rings (SSSR count). The summed E-state index contributed by atoms with van der Waals surface area (Å²) in [6.07, 6.45) is 4.06. The van der Waals surface area contributed by atoms with Crippen LogP contribution in [0, 0.1) is 0 Å². The molecule has 5 heteroatoms. The van der Waals surface area contributed by atoms with Crippen LogP contribution >= 0.6 is 0 Å². The van der Waals surface area contributed by atoms with E-state index in [1.54, 1.807) is 10.9 Å². The van der Waals surface area contributed by atoms with Gasteiger partial charge in [-0.05, 0) is 19.9 Å². The van der Waals surface area contributed by atoms with Gasteiger partial charge >= 0.3 is 0 Å². The summed E-state index contributed by atoms with van der Waals surface area (Å²) in [5.41, 5.74) is -0.00823. The van der Waals surface area contributed by atoms with Gasteiger partial charge in [-0.2, -0.15) is 0 Å². The molecule has 0 saturated carbocycles. The Balaban J connectivity index is 2.08. The first-order valence-electron chi connectivity index (χ1n) is 5.63. The normalized spacial score (nSPS) is 10.6. The Bertz CT molecular complexity index is 338. The van der Waals surface area contributed by atoms with Gasteiger partial charge in [0.1, 0.15) is 0 Å². The van der Waals surface area contributed by atoms with Crippen LogP contribution in [-0.4, -0.2) is 35.9 Å². The Morgan fingerprint density at radius 2 is 2.38 bits per heavy atom. The fourth-order valence-electron chi connectivity index (χ4n) is 1.31. The van der Waals surface area contributed by atoms with E-state index in [0.717, 1.165) is 32.7 Å². The molecule has 0 aliphatic carbocycles. The van der Waals surface area contributed by atoms with Crippen molar-refractivity contribution in [3.8, 4) is 0 Å². The topological polar surface area (TPSA) is 56.1 Å². The molecule has 0 bridgehead atoms. The highest BCUT2D eigenvalue weighted by molar-refractivity contribution is 4.81. The second-order valence-electron chi connectivity index (χ2n) is 3.41. The maximum Gasteiger partial charge on any atom is 0.253 e. The molecule has 0 aliphatic heterocycles. The Hall–Kier alpha value is -1.20. The molecule has 0 aliphatic rings. The second kappa shape index (κ2) is 8.01. The SMILES string of the molecule is CCOCCCNCCn1cnccc1=O. The standard InChI is InChI=1S/C11H19N3O2/c1-2-16-9-3-5-12-7-8-14-10-13-6-4-11(14)15/h4,6,10,12H,2-3,5,7-9H2,1H3. The molecular formula is C11H19N3O2. The van der Waals surface area contributed by atoms with E-state index in [2.05, 4.69) is 10.3 Å². The predicted octanol–water partition coefficient (Wildman–Crippen LogP) is 0.259. The monoisotopic (exact) mass is 225 g/mol. The van der Waals surface area contributed by atoms with Crippen molar-refractivity contribution in [2.45, 2.75) is 19.9 Å². The number of hydrogen-bond donors (Lipinski definition) is 1. The number of rotatable bonds is 8. The quantitative estimate of drug-likeness (QED) is 0.645. The average Bonchev–Trinajstić information content (AvgIpc) is 2.30. The highest BCUT2D eigenvalue weighted by atomic mass is 16.5. The van der Waals surface area contributed by atoms with E-state index in [1.165, 1.54) is 12.3 Å². The highest BCUT2D eigenvalue weighted by Crippen LogP contribution is 1.81. The zero-order valence-corrected chi connectivity index (χ0v) is 9.69. The van der Waals surface area contributed by atoms with Gasteiger partial charge in [-0.15, -0.1) is 0 Å². The molecule has 5 nitrogen and oxygen atoms in total. The summed E-state index contributed by atoms with van der Waals surface area (Å²) >= 11 is 0. The number of ether oxygens (including phenoxy) is 1. The molecule has 0 saturated heterocycles. The number of nitrogens with one attached hydrogen (secondary N) is 1. The lowest BCUT2D eigenvalue weighted by atomic mass is 10.4. The summed E-state index contributed by atoms with van der Waals surface area (Å²) in [5, 5.41) is 3.25. The Kier molecular flexibility index (Phi) is 6.44. The molecule has 1 heterocycles.